The van der Waals surface area contributed by atoms with Crippen LogP contribution in [-0.2, 0) is 19.6 Å². The molecule has 0 radical (unpaired) electrons. The zero-order chi connectivity index (χ0) is 14.0. The molecule has 0 spiro atoms. The third-order valence-corrected chi connectivity index (χ3v) is 5.64. The van der Waals surface area contributed by atoms with Crippen molar-refractivity contribution < 1.29 is 17.9 Å². The quantitative estimate of drug-likeness (QED) is 0.803. The Labute approximate surface area is 114 Å². The van der Waals surface area contributed by atoms with Crippen LogP contribution in [0.1, 0.15) is 20.3 Å². The van der Waals surface area contributed by atoms with Crippen LogP contribution in [-0.4, -0.2) is 48.2 Å². The van der Waals surface area contributed by atoms with Crippen LogP contribution >= 0.6 is 11.3 Å². The summed E-state index contributed by atoms with van der Waals surface area (Å²) in [5.74, 6) is -0.324. The number of hydrogen-bond donors (Lipinski definition) is 1. The number of carbonyl (C=O) groups is 1. The SMILES string of the molecule is CC(=O)Nc1nnc(S(=O)(=O)N2CCCOC2C)s1. The summed E-state index contributed by atoms with van der Waals surface area (Å²) in [6.45, 7) is 3.92. The van der Waals surface area contributed by atoms with Gasteiger partial charge in [-0.15, -0.1) is 10.2 Å². The van der Waals surface area contributed by atoms with Crippen molar-refractivity contribution in [2.24, 2.45) is 0 Å². The summed E-state index contributed by atoms with van der Waals surface area (Å²) in [6, 6.07) is 0. The summed E-state index contributed by atoms with van der Waals surface area (Å²) in [4.78, 5) is 10.9. The largest absolute Gasteiger partial charge is 0.362 e. The van der Waals surface area contributed by atoms with Gasteiger partial charge in [-0.25, -0.2) is 8.42 Å². The van der Waals surface area contributed by atoms with E-state index in [-0.39, 0.29) is 15.4 Å². The van der Waals surface area contributed by atoms with Gasteiger partial charge in [-0.3, -0.25) is 4.79 Å². The summed E-state index contributed by atoms with van der Waals surface area (Å²) >= 11 is 0.824. The van der Waals surface area contributed by atoms with Gasteiger partial charge < -0.3 is 10.1 Å². The Hall–Kier alpha value is -1.10. The Bertz CT molecular complexity index is 571. The van der Waals surface area contributed by atoms with Gasteiger partial charge in [0, 0.05) is 20.1 Å². The normalized spacial score (nSPS) is 21.3. The van der Waals surface area contributed by atoms with Crippen molar-refractivity contribution in [3.8, 4) is 0 Å². The molecule has 1 N–H and O–H groups in total. The monoisotopic (exact) mass is 306 g/mol. The summed E-state index contributed by atoms with van der Waals surface area (Å²) in [6.07, 6.45) is 0.118. The molecule has 1 saturated heterocycles. The minimum absolute atomic E-state index is 0.145. The van der Waals surface area contributed by atoms with Crippen LogP contribution in [0.15, 0.2) is 4.34 Å². The molecule has 8 nitrogen and oxygen atoms in total. The van der Waals surface area contributed by atoms with Crippen LogP contribution in [0.4, 0.5) is 5.13 Å². The molecular formula is C9H14N4O4S2. The summed E-state index contributed by atoms with van der Waals surface area (Å²) in [7, 11) is -3.72. The van der Waals surface area contributed by atoms with E-state index in [0.717, 1.165) is 11.3 Å². The number of sulfonamides is 1. The Morgan fingerprint density at radius 2 is 2.26 bits per heavy atom. The molecule has 0 bridgehead atoms. The standard InChI is InChI=1S/C9H14N4O4S2/c1-6(14)10-8-11-12-9(18-8)19(15,16)13-4-3-5-17-7(13)2/h7H,3-5H2,1-2H3,(H,10,11,14). The Morgan fingerprint density at radius 1 is 1.53 bits per heavy atom. The van der Waals surface area contributed by atoms with Crippen molar-refractivity contribution in [2.75, 3.05) is 18.5 Å². The first-order valence-electron chi connectivity index (χ1n) is 5.66. The second kappa shape index (κ2) is 5.49. The van der Waals surface area contributed by atoms with E-state index in [1.165, 1.54) is 11.2 Å². The van der Waals surface area contributed by atoms with Crippen LogP contribution in [0.3, 0.4) is 0 Å². The highest BCUT2D eigenvalue weighted by atomic mass is 32.2. The fourth-order valence-electron chi connectivity index (χ4n) is 1.67. The van der Waals surface area contributed by atoms with Crippen molar-refractivity contribution in [1.29, 1.82) is 0 Å². The maximum atomic E-state index is 12.3. The third kappa shape index (κ3) is 3.08. The number of hydrogen-bond acceptors (Lipinski definition) is 7. The third-order valence-electron chi connectivity index (χ3n) is 2.51. The van der Waals surface area contributed by atoms with E-state index in [4.69, 9.17) is 4.74 Å². The molecule has 106 valence electrons. The van der Waals surface area contributed by atoms with Crippen LogP contribution < -0.4 is 5.32 Å². The van der Waals surface area contributed by atoms with Crippen molar-refractivity contribution in [3.63, 3.8) is 0 Å². The Kier molecular flexibility index (Phi) is 4.13. The molecule has 19 heavy (non-hydrogen) atoms. The van der Waals surface area contributed by atoms with E-state index in [1.807, 2.05) is 0 Å². The Balaban J connectivity index is 2.23. The van der Waals surface area contributed by atoms with Gasteiger partial charge >= 0.3 is 0 Å². The van der Waals surface area contributed by atoms with Crippen LogP contribution in [0, 0.1) is 0 Å². The number of carbonyl (C=O) groups excluding carboxylic acids is 1. The second-order valence-corrected chi connectivity index (χ2v) is 7.04. The molecule has 1 fully saturated rings. The lowest BCUT2D eigenvalue weighted by Gasteiger charge is -2.31. The van der Waals surface area contributed by atoms with Crippen LogP contribution in [0.25, 0.3) is 0 Å². The van der Waals surface area contributed by atoms with Crippen molar-refractivity contribution in [1.82, 2.24) is 14.5 Å². The number of rotatable bonds is 3. The van der Waals surface area contributed by atoms with Gasteiger partial charge in [-0.05, 0) is 13.3 Å². The van der Waals surface area contributed by atoms with Gasteiger partial charge in [-0.1, -0.05) is 11.3 Å². The smallest absolute Gasteiger partial charge is 0.274 e. The van der Waals surface area contributed by atoms with Crippen molar-refractivity contribution in [2.45, 2.75) is 30.8 Å². The number of nitrogens with one attached hydrogen (secondary N) is 1. The van der Waals surface area contributed by atoms with Gasteiger partial charge in [0.1, 0.15) is 6.23 Å². The molecule has 2 rings (SSSR count). The van der Waals surface area contributed by atoms with E-state index < -0.39 is 16.3 Å². The number of amides is 1. The van der Waals surface area contributed by atoms with Gasteiger partial charge in [0.2, 0.25) is 15.4 Å². The summed E-state index contributed by atoms with van der Waals surface area (Å²) < 4.78 is 31.1. The van der Waals surface area contributed by atoms with E-state index in [0.29, 0.717) is 19.6 Å². The number of aromatic nitrogens is 2. The predicted molar refractivity (Wildman–Crippen MR) is 68.1 cm³/mol. The molecular weight excluding hydrogens is 292 g/mol. The second-order valence-electron chi connectivity index (χ2n) is 3.99. The molecule has 2 heterocycles. The molecule has 1 unspecified atom stereocenters. The molecule has 10 heteroatoms. The lowest BCUT2D eigenvalue weighted by molar-refractivity contribution is -0.114. The predicted octanol–water partition coefficient (Wildman–Crippen LogP) is 0.254. The fraction of sp³-hybridized carbons (Fsp3) is 0.667. The van der Waals surface area contributed by atoms with E-state index in [2.05, 4.69) is 15.5 Å². The molecule has 1 aliphatic rings. The average Bonchev–Trinajstić information content (AvgIpc) is 2.77. The number of anilines is 1. The highest BCUT2D eigenvalue weighted by molar-refractivity contribution is 7.91. The maximum Gasteiger partial charge on any atom is 0.274 e. The molecule has 1 aromatic heterocycles. The number of nitrogens with zero attached hydrogens (tertiary/aromatic N) is 3. The minimum Gasteiger partial charge on any atom is -0.362 e. The average molecular weight is 306 g/mol. The zero-order valence-electron chi connectivity index (χ0n) is 10.5. The van der Waals surface area contributed by atoms with Crippen molar-refractivity contribution in [3.05, 3.63) is 0 Å². The zero-order valence-corrected chi connectivity index (χ0v) is 12.1. The first kappa shape index (κ1) is 14.3. The van der Waals surface area contributed by atoms with Gasteiger partial charge in [0.05, 0.1) is 0 Å². The minimum atomic E-state index is -3.72. The summed E-state index contributed by atoms with van der Waals surface area (Å²) in [5.41, 5.74) is 0. The first-order chi connectivity index (χ1) is 8.91. The lowest BCUT2D eigenvalue weighted by atomic mass is 10.4. The maximum absolute atomic E-state index is 12.3. The summed E-state index contributed by atoms with van der Waals surface area (Å²) in [5, 5.41) is 9.82. The molecule has 1 atom stereocenters. The topological polar surface area (TPSA) is 101 Å². The number of ether oxygens (including phenoxy) is 1. The molecule has 0 aromatic carbocycles. The van der Waals surface area contributed by atoms with Crippen LogP contribution in [0.5, 0.6) is 0 Å². The van der Waals surface area contributed by atoms with Gasteiger partial charge in [0.15, 0.2) is 0 Å². The fourth-order valence-corrected chi connectivity index (χ4v) is 4.30. The Morgan fingerprint density at radius 3 is 2.89 bits per heavy atom. The molecule has 1 aromatic rings. The van der Waals surface area contributed by atoms with E-state index in [1.54, 1.807) is 6.92 Å². The van der Waals surface area contributed by atoms with Gasteiger partial charge in [-0.2, -0.15) is 4.31 Å². The first-order valence-corrected chi connectivity index (χ1v) is 7.91. The molecule has 1 amide bonds. The van der Waals surface area contributed by atoms with Gasteiger partial charge in [0.25, 0.3) is 10.0 Å². The highest BCUT2D eigenvalue weighted by Crippen LogP contribution is 2.26. The molecule has 1 aliphatic heterocycles. The van der Waals surface area contributed by atoms with Crippen LogP contribution in [0.2, 0.25) is 0 Å². The highest BCUT2D eigenvalue weighted by Gasteiger charge is 2.34. The van der Waals surface area contributed by atoms with E-state index >= 15 is 0 Å². The van der Waals surface area contributed by atoms with E-state index in [9.17, 15) is 13.2 Å². The van der Waals surface area contributed by atoms with Crippen molar-refractivity contribution >= 4 is 32.4 Å². The lowest BCUT2D eigenvalue weighted by Crippen LogP contribution is -2.44. The molecule has 0 saturated carbocycles. The molecule has 0 aliphatic carbocycles.